The van der Waals surface area contributed by atoms with E-state index in [-0.39, 0.29) is 0 Å². The van der Waals surface area contributed by atoms with Crippen LogP contribution in [-0.2, 0) is 4.74 Å². The Morgan fingerprint density at radius 1 is 1.50 bits per heavy atom. The average molecular weight is 139 g/mol. The van der Waals surface area contributed by atoms with E-state index in [4.69, 9.17) is 16.3 Å². The molecule has 0 N–H and O–H groups in total. The lowest BCUT2D eigenvalue weighted by Crippen LogP contribution is -1.94. The second kappa shape index (κ2) is 10.3. The van der Waals surface area contributed by atoms with Crippen LogP contribution in [0, 0.1) is 0 Å². The molecule has 0 aromatic carbocycles. The molecule has 0 amide bonds. The molecule has 1 nitrogen and oxygen atoms in total. The molecule has 0 aromatic heterocycles. The van der Waals surface area contributed by atoms with E-state index in [1.807, 2.05) is 20.8 Å². The minimum atomic E-state index is 0.384. The predicted octanol–water partition coefficient (Wildman–Crippen LogP) is 2.29. The highest BCUT2D eigenvalue weighted by Gasteiger charge is 1.78. The van der Waals surface area contributed by atoms with Gasteiger partial charge in [-0.15, -0.1) is 11.6 Å². The number of hydrogen-bond donors (Lipinski definition) is 0. The maximum absolute atomic E-state index is 5.00. The fraction of sp³-hybridized carbons (Fsp3) is 1.00. The topological polar surface area (TPSA) is 9.23 Å². The highest BCUT2D eigenvalue weighted by molar-refractivity contribution is 6.17. The summed E-state index contributed by atoms with van der Waals surface area (Å²) < 4.78 is 4.75. The van der Waals surface area contributed by atoms with Gasteiger partial charge in [-0.1, -0.05) is 6.92 Å². The van der Waals surface area contributed by atoms with Crippen molar-refractivity contribution in [1.29, 1.82) is 0 Å². The number of alkyl halides is 1. The van der Waals surface area contributed by atoms with Crippen molar-refractivity contribution in [2.24, 2.45) is 0 Å². The maximum atomic E-state index is 5.00. The van der Waals surface area contributed by atoms with Crippen molar-refractivity contribution in [2.75, 3.05) is 13.0 Å². The lowest BCUT2D eigenvalue weighted by Gasteiger charge is -1.94. The van der Waals surface area contributed by atoms with Crippen LogP contribution in [0.3, 0.4) is 0 Å². The minimum absolute atomic E-state index is 0.384. The Hall–Kier alpha value is 0.250. The molecule has 0 aromatic rings. The Morgan fingerprint density at radius 3 is 1.62 bits per heavy atom. The van der Waals surface area contributed by atoms with Crippen LogP contribution in [0.2, 0.25) is 0 Å². The molecule has 0 radical (unpaired) electrons. The summed E-state index contributed by atoms with van der Waals surface area (Å²) >= 11 is 5.00. The van der Waals surface area contributed by atoms with Gasteiger partial charge in [0, 0.05) is 13.0 Å². The van der Waals surface area contributed by atoms with Crippen LogP contribution in [0.5, 0.6) is 0 Å². The summed E-state index contributed by atoms with van der Waals surface area (Å²) in [5, 5.41) is 0. The maximum Gasteiger partial charge on any atom is 0.0515 e. The number of ether oxygens (including phenoxy) is 1. The van der Waals surface area contributed by atoms with Gasteiger partial charge in [-0.05, 0) is 13.8 Å². The Bertz CT molecular complexity index is 29.7. The molecule has 0 heterocycles. The third-order valence-corrected chi connectivity index (χ3v) is 0.471. The molecule has 8 heavy (non-hydrogen) atoms. The summed E-state index contributed by atoms with van der Waals surface area (Å²) in [7, 11) is 1.70. The lowest BCUT2D eigenvalue weighted by molar-refractivity contribution is 0.134. The Kier molecular flexibility index (Phi) is 14.3. The summed E-state index contributed by atoms with van der Waals surface area (Å²) in [5.74, 6) is 0.722. The zero-order valence-electron chi connectivity index (χ0n) is 6.07. The number of rotatable bonds is 1. The molecule has 0 aliphatic rings. The van der Waals surface area contributed by atoms with E-state index in [9.17, 15) is 0 Å². The average Bonchev–Trinajstić information content (AvgIpc) is 1.69. The molecule has 0 saturated heterocycles. The molecule has 0 aliphatic carbocycles. The standard InChI is InChI=1S/C4H10O.C2H5Cl/c1-4(2)5-3;1-2-3/h4H,1-3H3;2H2,1H3. The van der Waals surface area contributed by atoms with Gasteiger partial charge in [0.25, 0.3) is 0 Å². The molecule has 0 bridgehead atoms. The van der Waals surface area contributed by atoms with E-state index >= 15 is 0 Å². The van der Waals surface area contributed by atoms with Crippen LogP contribution in [0.4, 0.5) is 0 Å². The molecule has 0 rings (SSSR count). The smallest absolute Gasteiger partial charge is 0.0515 e. The molecular formula is C6H15ClO. The molecule has 0 aliphatic heterocycles. The van der Waals surface area contributed by atoms with Gasteiger partial charge in [0.05, 0.1) is 6.10 Å². The van der Waals surface area contributed by atoms with Crippen molar-refractivity contribution in [3.05, 3.63) is 0 Å². The van der Waals surface area contributed by atoms with Gasteiger partial charge in [0.2, 0.25) is 0 Å². The highest BCUT2D eigenvalue weighted by atomic mass is 35.5. The first kappa shape index (κ1) is 11.1. The highest BCUT2D eigenvalue weighted by Crippen LogP contribution is 1.77. The van der Waals surface area contributed by atoms with Gasteiger partial charge in [-0.25, -0.2) is 0 Å². The van der Waals surface area contributed by atoms with Crippen molar-refractivity contribution in [3.63, 3.8) is 0 Å². The van der Waals surface area contributed by atoms with Gasteiger partial charge < -0.3 is 4.74 Å². The van der Waals surface area contributed by atoms with E-state index in [0.717, 1.165) is 5.88 Å². The third kappa shape index (κ3) is 34.0. The van der Waals surface area contributed by atoms with Crippen LogP contribution in [0.25, 0.3) is 0 Å². The molecule has 52 valence electrons. The van der Waals surface area contributed by atoms with Crippen molar-refractivity contribution in [1.82, 2.24) is 0 Å². The van der Waals surface area contributed by atoms with Crippen LogP contribution >= 0.6 is 11.6 Å². The van der Waals surface area contributed by atoms with Gasteiger partial charge in [0.15, 0.2) is 0 Å². The SMILES string of the molecule is CCCl.COC(C)C. The van der Waals surface area contributed by atoms with Gasteiger partial charge in [-0.2, -0.15) is 0 Å². The first-order valence-electron chi connectivity index (χ1n) is 2.77. The van der Waals surface area contributed by atoms with E-state index < -0.39 is 0 Å². The second-order valence-corrected chi connectivity index (χ2v) is 2.09. The summed E-state index contributed by atoms with van der Waals surface area (Å²) in [6, 6.07) is 0. The van der Waals surface area contributed by atoms with Crippen LogP contribution in [-0.4, -0.2) is 19.1 Å². The molecule has 0 unspecified atom stereocenters. The quantitative estimate of drug-likeness (QED) is 0.506. The molecule has 0 spiro atoms. The minimum Gasteiger partial charge on any atom is -0.382 e. The first-order valence-corrected chi connectivity index (χ1v) is 3.31. The lowest BCUT2D eigenvalue weighted by atomic mass is 10.5. The molecule has 0 saturated carbocycles. The van der Waals surface area contributed by atoms with E-state index in [2.05, 4.69) is 0 Å². The van der Waals surface area contributed by atoms with E-state index in [1.54, 1.807) is 7.11 Å². The third-order valence-electron chi connectivity index (χ3n) is 0.471. The summed E-state index contributed by atoms with van der Waals surface area (Å²) in [6.45, 7) is 5.89. The van der Waals surface area contributed by atoms with Crippen LogP contribution in [0.1, 0.15) is 20.8 Å². The predicted molar refractivity (Wildman–Crippen MR) is 38.5 cm³/mol. The fourth-order valence-corrected chi connectivity index (χ4v) is 0. The second-order valence-electron chi connectivity index (χ2n) is 1.55. The van der Waals surface area contributed by atoms with E-state index in [0.29, 0.717) is 6.10 Å². The normalized spacial score (nSPS) is 8.25. The monoisotopic (exact) mass is 138 g/mol. The summed E-state index contributed by atoms with van der Waals surface area (Å²) in [4.78, 5) is 0. The first-order chi connectivity index (χ1) is 3.68. The van der Waals surface area contributed by atoms with Crippen molar-refractivity contribution in [3.8, 4) is 0 Å². The fourth-order valence-electron chi connectivity index (χ4n) is 0. The number of methoxy groups -OCH3 is 1. The van der Waals surface area contributed by atoms with Crippen molar-refractivity contribution in [2.45, 2.75) is 26.9 Å². The summed E-state index contributed by atoms with van der Waals surface area (Å²) in [5.41, 5.74) is 0. The zero-order valence-corrected chi connectivity index (χ0v) is 6.83. The van der Waals surface area contributed by atoms with Crippen molar-refractivity contribution < 1.29 is 4.74 Å². The molecular weight excluding hydrogens is 124 g/mol. The van der Waals surface area contributed by atoms with Gasteiger partial charge in [-0.3, -0.25) is 0 Å². The van der Waals surface area contributed by atoms with Crippen LogP contribution < -0.4 is 0 Å². The largest absolute Gasteiger partial charge is 0.382 e. The number of halogens is 1. The Morgan fingerprint density at radius 2 is 1.62 bits per heavy atom. The van der Waals surface area contributed by atoms with Gasteiger partial charge >= 0.3 is 0 Å². The Labute approximate surface area is 57.0 Å². The summed E-state index contributed by atoms with van der Waals surface area (Å²) in [6.07, 6.45) is 0.384. The zero-order chi connectivity index (χ0) is 6.99. The molecule has 0 fully saturated rings. The van der Waals surface area contributed by atoms with E-state index in [1.165, 1.54) is 0 Å². The van der Waals surface area contributed by atoms with Crippen molar-refractivity contribution >= 4 is 11.6 Å². The van der Waals surface area contributed by atoms with Gasteiger partial charge in [0.1, 0.15) is 0 Å². The molecule has 0 atom stereocenters. The van der Waals surface area contributed by atoms with Crippen LogP contribution in [0.15, 0.2) is 0 Å². The number of hydrogen-bond acceptors (Lipinski definition) is 1. The Balaban J connectivity index is 0. The molecule has 2 heteroatoms.